The number of aromatic nitrogens is 1. The lowest BCUT2D eigenvalue weighted by molar-refractivity contribution is 0.0910. The van der Waals surface area contributed by atoms with Crippen LogP contribution in [-0.4, -0.2) is 17.4 Å². The van der Waals surface area contributed by atoms with E-state index in [1.165, 1.54) is 11.1 Å². The molecular formula is C16H19N3OS. The van der Waals surface area contributed by atoms with Gasteiger partial charge >= 0.3 is 0 Å². The summed E-state index contributed by atoms with van der Waals surface area (Å²) in [6.45, 7) is 5.74. The number of nitrogens with zero attached hydrogens (tertiary/aromatic N) is 1. The Morgan fingerprint density at radius 2 is 2.29 bits per heavy atom. The minimum atomic E-state index is -0.457. The van der Waals surface area contributed by atoms with Gasteiger partial charge in [0, 0.05) is 23.7 Å². The van der Waals surface area contributed by atoms with Gasteiger partial charge in [0.05, 0.1) is 5.54 Å². The van der Waals surface area contributed by atoms with Crippen LogP contribution in [0.2, 0.25) is 0 Å². The minimum absolute atomic E-state index is 0.0195. The number of carbonyl (C=O) groups is 1. The SMILES string of the molecule is CC(C)(NC(=O)c1cccc2c1CCNC2)c1nccs1. The van der Waals surface area contributed by atoms with Gasteiger partial charge in [-0.25, -0.2) is 4.98 Å². The summed E-state index contributed by atoms with van der Waals surface area (Å²) in [5.41, 5.74) is 2.73. The predicted molar refractivity (Wildman–Crippen MR) is 84.5 cm³/mol. The summed E-state index contributed by atoms with van der Waals surface area (Å²) in [7, 11) is 0. The largest absolute Gasteiger partial charge is 0.341 e. The van der Waals surface area contributed by atoms with E-state index in [1.54, 1.807) is 17.5 Å². The standard InChI is InChI=1S/C16H19N3OS/c1-16(2,15-18-8-9-21-15)19-14(20)13-5-3-4-11-10-17-7-6-12(11)13/h3-5,8-9,17H,6-7,10H2,1-2H3,(H,19,20). The average molecular weight is 301 g/mol. The number of carbonyl (C=O) groups excluding carboxylic acids is 1. The van der Waals surface area contributed by atoms with Crippen molar-refractivity contribution in [3.05, 3.63) is 51.5 Å². The summed E-state index contributed by atoms with van der Waals surface area (Å²) < 4.78 is 0. The van der Waals surface area contributed by atoms with Gasteiger partial charge in [0.2, 0.25) is 0 Å². The molecule has 4 nitrogen and oxygen atoms in total. The monoisotopic (exact) mass is 301 g/mol. The molecule has 0 bridgehead atoms. The van der Waals surface area contributed by atoms with Gasteiger partial charge in [-0.1, -0.05) is 12.1 Å². The van der Waals surface area contributed by atoms with Crippen LogP contribution in [0, 0.1) is 0 Å². The van der Waals surface area contributed by atoms with E-state index in [-0.39, 0.29) is 5.91 Å². The summed E-state index contributed by atoms with van der Waals surface area (Å²) in [5.74, 6) is -0.0195. The van der Waals surface area contributed by atoms with Crippen LogP contribution in [0.15, 0.2) is 29.8 Å². The first kappa shape index (κ1) is 14.2. The highest BCUT2D eigenvalue weighted by Crippen LogP contribution is 2.24. The normalized spacial score (nSPS) is 14.6. The number of rotatable bonds is 3. The van der Waals surface area contributed by atoms with Crippen LogP contribution < -0.4 is 10.6 Å². The second-order valence-electron chi connectivity index (χ2n) is 5.79. The van der Waals surface area contributed by atoms with Crippen molar-refractivity contribution in [1.82, 2.24) is 15.6 Å². The maximum atomic E-state index is 12.7. The number of thiazole rings is 1. The van der Waals surface area contributed by atoms with E-state index in [0.29, 0.717) is 0 Å². The molecule has 21 heavy (non-hydrogen) atoms. The van der Waals surface area contributed by atoms with Gasteiger partial charge in [-0.15, -0.1) is 11.3 Å². The number of benzene rings is 1. The molecule has 1 aliphatic rings. The summed E-state index contributed by atoms with van der Waals surface area (Å²) >= 11 is 1.56. The first-order chi connectivity index (χ1) is 10.1. The summed E-state index contributed by atoms with van der Waals surface area (Å²) in [6.07, 6.45) is 2.67. The molecule has 2 heterocycles. The number of nitrogens with one attached hydrogen (secondary N) is 2. The molecule has 0 unspecified atom stereocenters. The van der Waals surface area contributed by atoms with Crippen molar-refractivity contribution >= 4 is 17.2 Å². The lowest BCUT2D eigenvalue weighted by atomic mass is 9.94. The Kier molecular flexibility index (Phi) is 3.78. The van der Waals surface area contributed by atoms with Crippen LogP contribution in [0.4, 0.5) is 0 Å². The van der Waals surface area contributed by atoms with Crippen molar-refractivity contribution in [3.8, 4) is 0 Å². The van der Waals surface area contributed by atoms with Gasteiger partial charge in [-0.3, -0.25) is 4.79 Å². The van der Waals surface area contributed by atoms with E-state index in [4.69, 9.17) is 0 Å². The number of hydrogen-bond acceptors (Lipinski definition) is 4. The topological polar surface area (TPSA) is 54.0 Å². The zero-order chi connectivity index (χ0) is 14.9. The molecule has 1 aliphatic heterocycles. The van der Waals surface area contributed by atoms with Crippen molar-refractivity contribution < 1.29 is 4.79 Å². The average Bonchev–Trinajstić information content (AvgIpc) is 3.01. The number of amides is 1. The molecule has 2 N–H and O–H groups in total. The molecular weight excluding hydrogens is 282 g/mol. The quantitative estimate of drug-likeness (QED) is 0.915. The fraction of sp³-hybridized carbons (Fsp3) is 0.375. The van der Waals surface area contributed by atoms with E-state index in [9.17, 15) is 4.79 Å². The van der Waals surface area contributed by atoms with Crippen LogP contribution in [0.1, 0.15) is 40.3 Å². The molecule has 1 aromatic heterocycles. The van der Waals surface area contributed by atoms with Crippen LogP contribution in [0.3, 0.4) is 0 Å². The second-order valence-corrected chi connectivity index (χ2v) is 6.68. The third-order valence-corrected chi connectivity index (χ3v) is 4.87. The molecule has 0 spiro atoms. The molecule has 5 heteroatoms. The molecule has 110 valence electrons. The zero-order valence-corrected chi connectivity index (χ0v) is 13.1. The second kappa shape index (κ2) is 5.58. The van der Waals surface area contributed by atoms with E-state index < -0.39 is 5.54 Å². The van der Waals surface area contributed by atoms with Gasteiger partial charge in [0.25, 0.3) is 5.91 Å². The van der Waals surface area contributed by atoms with Gasteiger partial charge < -0.3 is 10.6 Å². The Labute approximate surface area is 128 Å². The van der Waals surface area contributed by atoms with Crippen LogP contribution >= 0.6 is 11.3 Å². The van der Waals surface area contributed by atoms with Crippen molar-refractivity contribution in [2.24, 2.45) is 0 Å². The van der Waals surface area contributed by atoms with Crippen molar-refractivity contribution in [2.75, 3.05) is 6.54 Å². The molecule has 0 saturated heterocycles. The highest BCUT2D eigenvalue weighted by molar-refractivity contribution is 7.09. The summed E-state index contributed by atoms with van der Waals surface area (Å²) in [6, 6.07) is 5.96. The molecule has 0 atom stereocenters. The van der Waals surface area contributed by atoms with E-state index >= 15 is 0 Å². The van der Waals surface area contributed by atoms with Crippen molar-refractivity contribution in [1.29, 1.82) is 0 Å². The maximum absolute atomic E-state index is 12.7. The lowest BCUT2D eigenvalue weighted by Crippen LogP contribution is -2.41. The molecule has 0 radical (unpaired) electrons. The van der Waals surface area contributed by atoms with Crippen molar-refractivity contribution in [3.63, 3.8) is 0 Å². The molecule has 1 aromatic carbocycles. The lowest BCUT2D eigenvalue weighted by Gasteiger charge is -2.26. The Morgan fingerprint density at radius 3 is 3.05 bits per heavy atom. The van der Waals surface area contributed by atoms with Crippen LogP contribution in [-0.2, 0) is 18.5 Å². The fourth-order valence-electron chi connectivity index (χ4n) is 2.68. The first-order valence-corrected chi connectivity index (χ1v) is 8.00. The number of hydrogen-bond donors (Lipinski definition) is 2. The van der Waals surface area contributed by atoms with E-state index in [2.05, 4.69) is 21.7 Å². The van der Waals surface area contributed by atoms with E-state index in [0.717, 1.165) is 30.1 Å². The van der Waals surface area contributed by atoms with Crippen LogP contribution in [0.5, 0.6) is 0 Å². The molecule has 0 aliphatic carbocycles. The van der Waals surface area contributed by atoms with Gasteiger partial charge in [0.1, 0.15) is 5.01 Å². The number of fused-ring (bicyclic) bond motifs is 1. The summed E-state index contributed by atoms with van der Waals surface area (Å²) in [5, 5.41) is 9.30. The van der Waals surface area contributed by atoms with Gasteiger partial charge in [-0.2, -0.15) is 0 Å². The Balaban J connectivity index is 1.86. The van der Waals surface area contributed by atoms with Gasteiger partial charge in [0.15, 0.2) is 0 Å². The smallest absolute Gasteiger partial charge is 0.252 e. The molecule has 3 rings (SSSR count). The highest BCUT2D eigenvalue weighted by Gasteiger charge is 2.27. The Hall–Kier alpha value is -1.72. The van der Waals surface area contributed by atoms with E-state index in [1.807, 2.05) is 31.4 Å². The first-order valence-electron chi connectivity index (χ1n) is 7.12. The summed E-state index contributed by atoms with van der Waals surface area (Å²) in [4.78, 5) is 17.0. The van der Waals surface area contributed by atoms with Crippen LogP contribution in [0.25, 0.3) is 0 Å². The molecule has 0 fully saturated rings. The minimum Gasteiger partial charge on any atom is -0.341 e. The third kappa shape index (κ3) is 2.84. The molecule has 0 saturated carbocycles. The maximum Gasteiger partial charge on any atom is 0.252 e. The Morgan fingerprint density at radius 1 is 1.43 bits per heavy atom. The third-order valence-electron chi connectivity index (χ3n) is 3.78. The molecule has 2 aromatic rings. The highest BCUT2D eigenvalue weighted by atomic mass is 32.1. The fourth-order valence-corrected chi connectivity index (χ4v) is 3.40. The van der Waals surface area contributed by atoms with Crippen molar-refractivity contribution in [2.45, 2.75) is 32.4 Å². The predicted octanol–water partition coefficient (Wildman–Crippen LogP) is 2.45. The van der Waals surface area contributed by atoms with Gasteiger partial charge in [-0.05, 0) is 44.0 Å². The zero-order valence-electron chi connectivity index (χ0n) is 12.3. The Bertz CT molecular complexity index is 650. The molecule has 1 amide bonds.